The summed E-state index contributed by atoms with van der Waals surface area (Å²) in [6.07, 6.45) is 0. The Balaban J connectivity index is 2.96. The summed E-state index contributed by atoms with van der Waals surface area (Å²) in [5.74, 6) is 0. The maximum absolute atomic E-state index is 11.3. The molecule has 0 amide bonds. The summed E-state index contributed by atoms with van der Waals surface area (Å²) in [6, 6.07) is 9.04. The molecule has 2 aromatic rings. The largest absolute Gasteiger partial charge is 0.424 e. The van der Waals surface area contributed by atoms with Crippen molar-refractivity contribution < 1.29 is 14.8 Å². The number of nitro groups is 3. The molecule has 2 rings (SSSR count). The summed E-state index contributed by atoms with van der Waals surface area (Å²) in [4.78, 5) is 30.3. The highest BCUT2D eigenvalue weighted by molar-refractivity contribution is 9.10. The predicted octanol–water partition coefficient (Wildman–Crippen LogP) is 3.84. The fraction of sp³-hybridized carbons (Fsp3) is 0. The maximum Gasteiger partial charge on any atom is 0.424 e. The molecule has 10 heteroatoms. The van der Waals surface area contributed by atoms with Gasteiger partial charge in [0.15, 0.2) is 0 Å². The van der Waals surface area contributed by atoms with Crippen LogP contribution in [0.25, 0.3) is 11.1 Å². The lowest BCUT2D eigenvalue weighted by atomic mass is 10.0. The molecule has 0 aliphatic carbocycles. The first kappa shape index (κ1) is 15.5. The van der Waals surface area contributed by atoms with Gasteiger partial charge in [-0.05, 0) is 27.6 Å². The van der Waals surface area contributed by atoms with Crippen LogP contribution in [0.2, 0.25) is 0 Å². The van der Waals surface area contributed by atoms with Gasteiger partial charge >= 0.3 is 17.1 Å². The number of hydrogen-bond acceptors (Lipinski definition) is 6. The normalized spacial score (nSPS) is 10.2. The van der Waals surface area contributed by atoms with E-state index in [2.05, 4.69) is 15.9 Å². The molecule has 0 aliphatic heterocycles. The number of hydrogen-bond donors (Lipinski definition) is 0. The molecule has 0 saturated carbocycles. The monoisotopic (exact) mass is 367 g/mol. The quantitative estimate of drug-likeness (QED) is 0.595. The van der Waals surface area contributed by atoms with Crippen molar-refractivity contribution in [2.45, 2.75) is 0 Å². The second kappa shape index (κ2) is 5.85. The van der Waals surface area contributed by atoms with Crippen molar-refractivity contribution in [2.75, 3.05) is 0 Å². The van der Waals surface area contributed by atoms with Crippen molar-refractivity contribution in [3.05, 3.63) is 71.2 Å². The third kappa shape index (κ3) is 2.63. The molecule has 0 spiro atoms. The Morgan fingerprint density at radius 3 is 1.73 bits per heavy atom. The van der Waals surface area contributed by atoms with Gasteiger partial charge in [0.1, 0.15) is 4.47 Å². The summed E-state index contributed by atoms with van der Waals surface area (Å²) >= 11 is 2.88. The molecule has 0 aromatic heterocycles. The molecule has 112 valence electrons. The van der Waals surface area contributed by atoms with Gasteiger partial charge in [-0.15, -0.1) is 0 Å². The van der Waals surface area contributed by atoms with E-state index < -0.39 is 31.8 Å². The van der Waals surface area contributed by atoms with Crippen LogP contribution >= 0.6 is 15.9 Å². The van der Waals surface area contributed by atoms with E-state index >= 15 is 0 Å². The van der Waals surface area contributed by atoms with Crippen LogP contribution in [0.5, 0.6) is 0 Å². The van der Waals surface area contributed by atoms with E-state index in [1.165, 1.54) is 12.1 Å². The smallest absolute Gasteiger partial charge is 0.258 e. The molecule has 0 saturated heterocycles. The molecule has 0 heterocycles. The Morgan fingerprint density at radius 2 is 1.27 bits per heavy atom. The van der Waals surface area contributed by atoms with Crippen LogP contribution in [0.3, 0.4) is 0 Å². The topological polar surface area (TPSA) is 129 Å². The van der Waals surface area contributed by atoms with E-state index in [1.807, 2.05) is 0 Å². The van der Waals surface area contributed by atoms with Crippen molar-refractivity contribution >= 4 is 33.0 Å². The zero-order valence-electron chi connectivity index (χ0n) is 10.6. The fourth-order valence-corrected chi connectivity index (χ4v) is 2.55. The Kier molecular flexibility index (Phi) is 4.13. The number of rotatable bonds is 4. The molecule has 9 nitrogen and oxygen atoms in total. The Labute approximate surface area is 130 Å². The lowest BCUT2D eigenvalue weighted by Crippen LogP contribution is -2.04. The molecular formula is C12H6BrN3O6. The van der Waals surface area contributed by atoms with Gasteiger partial charge < -0.3 is 0 Å². The van der Waals surface area contributed by atoms with Crippen molar-refractivity contribution in [3.63, 3.8) is 0 Å². The Morgan fingerprint density at radius 1 is 0.773 bits per heavy atom. The van der Waals surface area contributed by atoms with Crippen LogP contribution in [0, 0.1) is 30.3 Å². The van der Waals surface area contributed by atoms with E-state index in [0.717, 1.165) is 6.07 Å². The van der Waals surface area contributed by atoms with E-state index in [4.69, 9.17) is 0 Å². The second-order valence-corrected chi connectivity index (χ2v) is 4.94. The highest BCUT2D eigenvalue weighted by Crippen LogP contribution is 2.47. The first-order valence-electron chi connectivity index (χ1n) is 5.69. The molecule has 0 bridgehead atoms. The lowest BCUT2D eigenvalue weighted by Gasteiger charge is -2.06. The van der Waals surface area contributed by atoms with Crippen LogP contribution in [0.4, 0.5) is 17.1 Å². The summed E-state index contributed by atoms with van der Waals surface area (Å²) in [6.45, 7) is 0. The van der Waals surface area contributed by atoms with Gasteiger partial charge in [-0.2, -0.15) is 0 Å². The van der Waals surface area contributed by atoms with Gasteiger partial charge in [0.05, 0.1) is 20.3 Å². The molecule has 0 aliphatic rings. The Bertz CT molecular complexity index is 793. The highest BCUT2D eigenvalue weighted by atomic mass is 79.9. The molecule has 0 atom stereocenters. The summed E-state index contributed by atoms with van der Waals surface area (Å²) < 4.78 is -0.200. The van der Waals surface area contributed by atoms with Crippen molar-refractivity contribution in [2.24, 2.45) is 0 Å². The van der Waals surface area contributed by atoms with Gasteiger partial charge in [0.25, 0.3) is 0 Å². The molecule has 0 N–H and O–H groups in total. The van der Waals surface area contributed by atoms with Crippen LogP contribution in [0.15, 0.2) is 40.9 Å². The summed E-state index contributed by atoms with van der Waals surface area (Å²) in [5.41, 5.74) is -2.74. The van der Waals surface area contributed by atoms with Gasteiger partial charge in [-0.25, -0.2) is 0 Å². The van der Waals surface area contributed by atoms with Gasteiger partial charge in [0, 0.05) is 0 Å². The fourth-order valence-electron chi connectivity index (χ4n) is 1.99. The third-order valence-electron chi connectivity index (χ3n) is 2.83. The van der Waals surface area contributed by atoms with Crippen LogP contribution in [0.1, 0.15) is 0 Å². The second-order valence-electron chi connectivity index (χ2n) is 4.09. The number of halogens is 1. The molecule has 22 heavy (non-hydrogen) atoms. The predicted molar refractivity (Wildman–Crippen MR) is 79.5 cm³/mol. The van der Waals surface area contributed by atoms with Crippen molar-refractivity contribution in [3.8, 4) is 11.1 Å². The zero-order valence-corrected chi connectivity index (χ0v) is 12.2. The van der Waals surface area contributed by atoms with Crippen molar-refractivity contribution in [1.82, 2.24) is 0 Å². The molecular weight excluding hydrogens is 362 g/mol. The van der Waals surface area contributed by atoms with E-state index in [-0.39, 0.29) is 10.0 Å². The number of benzene rings is 2. The first-order chi connectivity index (χ1) is 10.3. The minimum Gasteiger partial charge on any atom is -0.258 e. The maximum atomic E-state index is 11.3. The van der Waals surface area contributed by atoms with Gasteiger partial charge in [0.2, 0.25) is 0 Å². The molecule has 0 radical (unpaired) electrons. The minimum absolute atomic E-state index is 0.0743. The van der Waals surface area contributed by atoms with Crippen LogP contribution < -0.4 is 0 Å². The van der Waals surface area contributed by atoms with E-state index in [0.29, 0.717) is 5.56 Å². The van der Waals surface area contributed by atoms with Crippen LogP contribution in [-0.4, -0.2) is 14.8 Å². The Hall–Kier alpha value is -2.88. The summed E-state index contributed by atoms with van der Waals surface area (Å²) in [7, 11) is 0. The molecule has 2 aromatic carbocycles. The van der Waals surface area contributed by atoms with Gasteiger partial charge in [-0.1, -0.05) is 30.3 Å². The first-order valence-corrected chi connectivity index (χ1v) is 6.49. The highest BCUT2D eigenvalue weighted by Gasteiger charge is 2.41. The van der Waals surface area contributed by atoms with Gasteiger partial charge in [-0.3, -0.25) is 30.3 Å². The third-order valence-corrected chi connectivity index (χ3v) is 3.44. The lowest BCUT2D eigenvalue weighted by molar-refractivity contribution is -0.441. The average Bonchev–Trinajstić information content (AvgIpc) is 2.46. The van der Waals surface area contributed by atoms with E-state index in [1.54, 1.807) is 18.2 Å². The zero-order chi connectivity index (χ0) is 16.4. The molecule has 0 unspecified atom stereocenters. The van der Waals surface area contributed by atoms with E-state index in [9.17, 15) is 30.3 Å². The average molecular weight is 368 g/mol. The number of nitrogens with zero attached hydrogens (tertiary/aromatic N) is 3. The number of nitro benzene ring substituents is 3. The standard InChI is InChI=1S/C12H6BrN3O6/c13-9-6-8(7-4-2-1-3-5-7)10(14(17)18)12(16(21)22)11(9)15(19)20/h1-6H. The summed E-state index contributed by atoms with van der Waals surface area (Å²) in [5, 5.41) is 33.5. The minimum atomic E-state index is -1.15. The van der Waals surface area contributed by atoms with Crippen molar-refractivity contribution in [1.29, 1.82) is 0 Å². The van der Waals surface area contributed by atoms with Crippen LogP contribution in [-0.2, 0) is 0 Å². The molecule has 0 fully saturated rings. The SMILES string of the molecule is O=[N+]([O-])c1c(Br)cc(-c2ccccc2)c([N+](=O)[O-])c1[N+](=O)[O-].